The molecular formula is C15H13N3O. The highest BCUT2D eigenvalue weighted by atomic mass is 16.2. The third kappa shape index (κ3) is 1.31. The summed E-state index contributed by atoms with van der Waals surface area (Å²) in [5.74, 6) is 0.778. The number of rotatable bonds is 0. The van der Waals surface area contributed by atoms with Crippen LogP contribution in [0.3, 0.4) is 0 Å². The molecule has 0 saturated carbocycles. The Kier molecular flexibility index (Phi) is 1.91. The van der Waals surface area contributed by atoms with Gasteiger partial charge in [-0.1, -0.05) is 6.07 Å². The summed E-state index contributed by atoms with van der Waals surface area (Å²) in [7, 11) is 0. The minimum Gasteiger partial charge on any atom is -0.310 e. The van der Waals surface area contributed by atoms with Gasteiger partial charge in [0.1, 0.15) is 5.82 Å². The Labute approximate surface area is 110 Å². The van der Waals surface area contributed by atoms with E-state index < -0.39 is 5.41 Å². The number of aromatic nitrogens is 2. The molecule has 1 aliphatic carbocycles. The number of hydrogen-bond donors (Lipinski definition) is 1. The number of aryl methyl sites for hydroxylation is 1. The van der Waals surface area contributed by atoms with Crippen molar-refractivity contribution in [2.45, 2.75) is 25.2 Å². The van der Waals surface area contributed by atoms with Crippen LogP contribution in [0.5, 0.6) is 0 Å². The molecule has 0 fully saturated rings. The van der Waals surface area contributed by atoms with Gasteiger partial charge in [0.2, 0.25) is 5.91 Å². The minimum atomic E-state index is -0.471. The molecule has 2 aromatic rings. The first-order valence-corrected chi connectivity index (χ1v) is 6.40. The van der Waals surface area contributed by atoms with E-state index in [1.165, 1.54) is 11.1 Å². The summed E-state index contributed by atoms with van der Waals surface area (Å²) in [6, 6.07) is 5.99. The Hall–Kier alpha value is -2.23. The first kappa shape index (κ1) is 10.7. The number of carbonyl (C=O) groups excluding carboxylic acids is 1. The summed E-state index contributed by atoms with van der Waals surface area (Å²) < 4.78 is 0. The van der Waals surface area contributed by atoms with Crippen LogP contribution >= 0.6 is 0 Å². The number of carbonyl (C=O) groups is 1. The molecule has 1 aliphatic heterocycles. The van der Waals surface area contributed by atoms with Crippen molar-refractivity contribution >= 4 is 11.7 Å². The standard InChI is InChI=1S/C15H13N3O/c1-9-5-10-6-15(7-11(10)8-17-9)12-3-2-4-16-13(12)18-14(15)19/h2-5,8H,6-7H2,1H3,(H,16,18,19). The number of hydrogen-bond acceptors (Lipinski definition) is 3. The third-order valence-electron chi connectivity index (χ3n) is 4.19. The molecule has 1 amide bonds. The van der Waals surface area contributed by atoms with E-state index >= 15 is 0 Å². The van der Waals surface area contributed by atoms with E-state index in [2.05, 4.69) is 21.4 Å². The average molecular weight is 251 g/mol. The predicted octanol–water partition coefficient (Wildman–Crippen LogP) is 1.77. The molecule has 3 heterocycles. The first-order chi connectivity index (χ1) is 9.19. The molecule has 4 heteroatoms. The smallest absolute Gasteiger partial charge is 0.237 e. The zero-order valence-corrected chi connectivity index (χ0v) is 10.6. The Balaban J connectivity index is 1.88. The molecule has 2 aliphatic rings. The molecule has 19 heavy (non-hydrogen) atoms. The van der Waals surface area contributed by atoms with Gasteiger partial charge in [-0.2, -0.15) is 0 Å². The van der Waals surface area contributed by atoms with Gasteiger partial charge in [0.05, 0.1) is 5.41 Å². The van der Waals surface area contributed by atoms with Crippen molar-refractivity contribution in [3.63, 3.8) is 0 Å². The SMILES string of the molecule is Cc1cc2c(cn1)CC1(C2)C(=O)Nc2ncccc21. The van der Waals surface area contributed by atoms with Crippen LogP contribution in [0.15, 0.2) is 30.6 Å². The van der Waals surface area contributed by atoms with Crippen molar-refractivity contribution in [1.29, 1.82) is 0 Å². The lowest BCUT2D eigenvalue weighted by atomic mass is 9.79. The summed E-state index contributed by atoms with van der Waals surface area (Å²) in [5.41, 5.74) is 3.97. The van der Waals surface area contributed by atoms with Crippen LogP contribution in [-0.4, -0.2) is 15.9 Å². The number of anilines is 1. The molecule has 2 aromatic heterocycles. The molecule has 0 bridgehead atoms. The lowest BCUT2D eigenvalue weighted by molar-refractivity contribution is -0.120. The Morgan fingerprint density at radius 1 is 1.26 bits per heavy atom. The second-order valence-electron chi connectivity index (χ2n) is 5.38. The van der Waals surface area contributed by atoms with Crippen LogP contribution in [0, 0.1) is 6.92 Å². The summed E-state index contributed by atoms with van der Waals surface area (Å²) in [6.07, 6.45) is 5.09. The van der Waals surface area contributed by atoms with Gasteiger partial charge in [-0.15, -0.1) is 0 Å². The van der Waals surface area contributed by atoms with Gasteiger partial charge in [-0.05, 0) is 43.0 Å². The van der Waals surface area contributed by atoms with Crippen LogP contribution in [0.2, 0.25) is 0 Å². The van der Waals surface area contributed by atoms with Gasteiger partial charge < -0.3 is 5.32 Å². The fraction of sp³-hybridized carbons (Fsp3) is 0.267. The topological polar surface area (TPSA) is 54.9 Å². The van der Waals surface area contributed by atoms with Gasteiger partial charge >= 0.3 is 0 Å². The second kappa shape index (κ2) is 3.41. The summed E-state index contributed by atoms with van der Waals surface area (Å²) >= 11 is 0. The van der Waals surface area contributed by atoms with E-state index in [9.17, 15) is 4.79 Å². The Morgan fingerprint density at radius 3 is 3.00 bits per heavy atom. The highest BCUT2D eigenvalue weighted by Gasteiger charge is 2.51. The Morgan fingerprint density at radius 2 is 2.11 bits per heavy atom. The maximum Gasteiger partial charge on any atom is 0.237 e. The highest BCUT2D eigenvalue weighted by molar-refractivity contribution is 6.06. The number of pyridine rings is 2. The van der Waals surface area contributed by atoms with Crippen LogP contribution in [0.1, 0.15) is 22.4 Å². The molecule has 1 unspecified atom stereocenters. The molecule has 1 spiro atoms. The lowest BCUT2D eigenvalue weighted by Crippen LogP contribution is -2.35. The van der Waals surface area contributed by atoms with E-state index in [1.54, 1.807) is 6.20 Å². The molecule has 0 radical (unpaired) electrons. The Bertz CT molecular complexity index is 710. The quantitative estimate of drug-likeness (QED) is 0.776. The van der Waals surface area contributed by atoms with Crippen LogP contribution < -0.4 is 5.32 Å². The van der Waals surface area contributed by atoms with Crippen molar-refractivity contribution in [2.24, 2.45) is 0 Å². The molecule has 4 rings (SSSR count). The van der Waals surface area contributed by atoms with Gasteiger partial charge in [-0.25, -0.2) is 4.98 Å². The van der Waals surface area contributed by atoms with E-state index in [4.69, 9.17) is 0 Å². The van der Waals surface area contributed by atoms with Crippen LogP contribution in [0.4, 0.5) is 5.82 Å². The fourth-order valence-electron chi connectivity index (χ4n) is 3.27. The zero-order valence-electron chi connectivity index (χ0n) is 10.6. The van der Waals surface area contributed by atoms with Crippen molar-refractivity contribution in [3.05, 3.63) is 53.0 Å². The summed E-state index contributed by atoms with van der Waals surface area (Å²) in [6.45, 7) is 1.98. The van der Waals surface area contributed by atoms with Crippen molar-refractivity contribution in [1.82, 2.24) is 9.97 Å². The lowest BCUT2D eigenvalue weighted by Gasteiger charge is -2.20. The largest absolute Gasteiger partial charge is 0.310 e. The van der Waals surface area contributed by atoms with E-state index in [0.717, 1.165) is 24.1 Å². The minimum absolute atomic E-state index is 0.0649. The van der Waals surface area contributed by atoms with E-state index in [-0.39, 0.29) is 5.91 Å². The van der Waals surface area contributed by atoms with Gasteiger partial charge in [0.25, 0.3) is 0 Å². The average Bonchev–Trinajstić information content (AvgIpc) is 2.90. The highest BCUT2D eigenvalue weighted by Crippen LogP contribution is 2.46. The monoisotopic (exact) mass is 251 g/mol. The number of amides is 1. The predicted molar refractivity (Wildman–Crippen MR) is 70.9 cm³/mol. The molecule has 1 N–H and O–H groups in total. The number of fused-ring (bicyclic) bond motifs is 3. The summed E-state index contributed by atoms with van der Waals surface area (Å²) in [4.78, 5) is 21.0. The first-order valence-electron chi connectivity index (χ1n) is 6.40. The van der Waals surface area contributed by atoms with Crippen molar-refractivity contribution in [2.75, 3.05) is 5.32 Å². The normalized spacial score (nSPS) is 23.3. The molecule has 4 nitrogen and oxygen atoms in total. The molecular weight excluding hydrogens is 238 g/mol. The third-order valence-corrected chi connectivity index (χ3v) is 4.19. The van der Waals surface area contributed by atoms with E-state index in [0.29, 0.717) is 5.82 Å². The zero-order chi connectivity index (χ0) is 13.0. The maximum atomic E-state index is 12.4. The van der Waals surface area contributed by atoms with Crippen LogP contribution in [0.25, 0.3) is 0 Å². The molecule has 0 saturated heterocycles. The van der Waals surface area contributed by atoms with Gasteiger partial charge in [0.15, 0.2) is 0 Å². The maximum absolute atomic E-state index is 12.4. The van der Waals surface area contributed by atoms with Crippen LogP contribution in [-0.2, 0) is 23.1 Å². The summed E-state index contributed by atoms with van der Waals surface area (Å²) in [5, 5.41) is 2.91. The fourth-order valence-corrected chi connectivity index (χ4v) is 3.27. The molecule has 0 aromatic carbocycles. The van der Waals surface area contributed by atoms with Gasteiger partial charge in [0, 0.05) is 23.7 Å². The number of nitrogens with zero attached hydrogens (tertiary/aromatic N) is 2. The number of nitrogens with one attached hydrogen (secondary N) is 1. The second-order valence-corrected chi connectivity index (χ2v) is 5.38. The molecule has 94 valence electrons. The van der Waals surface area contributed by atoms with E-state index in [1.807, 2.05) is 25.3 Å². The molecule has 1 atom stereocenters. The van der Waals surface area contributed by atoms with Crippen molar-refractivity contribution in [3.8, 4) is 0 Å². The van der Waals surface area contributed by atoms with Crippen molar-refractivity contribution < 1.29 is 4.79 Å². The van der Waals surface area contributed by atoms with Gasteiger partial charge in [-0.3, -0.25) is 9.78 Å².